The Bertz CT molecular complexity index is 346. The van der Waals surface area contributed by atoms with Crippen molar-refractivity contribution in [1.82, 2.24) is 0 Å². The third kappa shape index (κ3) is 2.31. The molecule has 0 aliphatic carbocycles. The highest BCUT2D eigenvalue weighted by Gasteiger charge is 2.20. The zero-order valence-corrected chi connectivity index (χ0v) is 9.39. The van der Waals surface area contributed by atoms with Gasteiger partial charge in [-0.05, 0) is 42.4 Å². The van der Waals surface area contributed by atoms with Gasteiger partial charge >= 0.3 is 0 Å². The van der Waals surface area contributed by atoms with Gasteiger partial charge in [0.25, 0.3) is 0 Å². The van der Waals surface area contributed by atoms with E-state index in [2.05, 4.69) is 19.2 Å². The van der Waals surface area contributed by atoms with Crippen molar-refractivity contribution in [2.24, 2.45) is 5.92 Å². The minimum Gasteiger partial charge on any atom is -0.385 e. The topological polar surface area (TPSA) is 12.0 Å². The molecule has 0 radical (unpaired) electrons. The van der Waals surface area contributed by atoms with Crippen molar-refractivity contribution < 1.29 is 4.39 Å². The maximum atomic E-state index is 13.0. The number of hydrogen-bond donors (Lipinski definition) is 1. The molecule has 1 aliphatic rings. The van der Waals surface area contributed by atoms with Crippen molar-refractivity contribution >= 4 is 5.69 Å². The average molecular weight is 207 g/mol. The Kier molecular flexibility index (Phi) is 2.94. The number of rotatable bonds is 2. The third-order valence-electron chi connectivity index (χ3n) is 3.02. The summed E-state index contributed by atoms with van der Waals surface area (Å²) in [5, 5.41) is 3.27. The van der Waals surface area contributed by atoms with Gasteiger partial charge < -0.3 is 5.32 Å². The second kappa shape index (κ2) is 4.21. The molecule has 2 rings (SSSR count). The highest BCUT2D eigenvalue weighted by molar-refractivity contribution is 5.55. The summed E-state index contributed by atoms with van der Waals surface area (Å²) in [6, 6.07) is 5.12. The lowest BCUT2D eigenvalue weighted by Gasteiger charge is -2.27. The molecule has 1 atom stereocenters. The molecule has 1 nitrogen and oxygen atoms in total. The first-order valence-electron chi connectivity index (χ1n) is 5.70. The maximum absolute atomic E-state index is 13.0. The lowest BCUT2D eigenvalue weighted by molar-refractivity contribution is 0.476. The van der Waals surface area contributed by atoms with Crippen LogP contribution < -0.4 is 5.32 Å². The third-order valence-corrected chi connectivity index (χ3v) is 3.02. The summed E-state index contributed by atoms with van der Waals surface area (Å²) in [4.78, 5) is 0. The Morgan fingerprint density at radius 1 is 1.47 bits per heavy atom. The summed E-state index contributed by atoms with van der Waals surface area (Å²) in [5.41, 5.74) is 2.28. The number of halogens is 1. The Morgan fingerprint density at radius 2 is 2.27 bits per heavy atom. The summed E-state index contributed by atoms with van der Waals surface area (Å²) in [7, 11) is 0. The molecule has 1 aromatic rings. The fourth-order valence-electron chi connectivity index (χ4n) is 2.39. The molecule has 1 heterocycles. The molecule has 15 heavy (non-hydrogen) atoms. The molecule has 0 fully saturated rings. The van der Waals surface area contributed by atoms with Crippen LogP contribution in [-0.4, -0.2) is 6.54 Å². The number of hydrogen-bond acceptors (Lipinski definition) is 1. The van der Waals surface area contributed by atoms with Crippen LogP contribution in [0.2, 0.25) is 0 Å². The van der Waals surface area contributed by atoms with Gasteiger partial charge in [-0.15, -0.1) is 0 Å². The zero-order chi connectivity index (χ0) is 10.8. The van der Waals surface area contributed by atoms with Gasteiger partial charge in [0.05, 0.1) is 0 Å². The van der Waals surface area contributed by atoms with E-state index in [0.29, 0.717) is 11.8 Å². The summed E-state index contributed by atoms with van der Waals surface area (Å²) in [6.07, 6.45) is 2.36. The fraction of sp³-hybridized carbons (Fsp3) is 0.538. The van der Waals surface area contributed by atoms with Crippen molar-refractivity contribution in [2.75, 3.05) is 11.9 Å². The molecule has 1 aromatic carbocycles. The van der Waals surface area contributed by atoms with E-state index >= 15 is 0 Å². The molecule has 0 aromatic heterocycles. The van der Waals surface area contributed by atoms with Gasteiger partial charge in [0.2, 0.25) is 0 Å². The number of fused-ring (bicyclic) bond motifs is 1. The average Bonchev–Trinajstić information content (AvgIpc) is 2.16. The Labute approximate surface area is 90.7 Å². The number of benzene rings is 1. The van der Waals surface area contributed by atoms with E-state index < -0.39 is 0 Å². The molecule has 0 saturated carbocycles. The van der Waals surface area contributed by atoms with Crippen LogP contribution in [0.25, 0.3) is 0 Å². The van der Waals surface area contributed by atoms with Gasteiger partial charge in [-0.3, -0.25) is 0 Å². The minimum absolute atomic E-state index is 0.147. The monoisotopic (exact) mass is 207 g/mol. The molecule has 82 valence electrons. The normalized spacial score (nSPS) is 19.9. The van der Waals surface area contributed by atoms with Crippen LogP contribution in [0, 0.1) is 11.7 Å². The predicted molar refractivity (Wildman–Crippen MR) is 61.7 cm³/mol. The largest absolute Gasteiger partial charge is 0.385 e. The maximum Gasteiger partial charge on any atom is 0.125 e. The van der Waals surface area contributed by atoms with Crippen molar-refractivity contribution in [3.05, 3.63) is 29.6 Å². The van der Waals surface area contributed by atoms with E-state index in [-0.39, 0.29) is 5.82 Å². The molecular weight excluding hydrogens is 189 g/mol. The van der Waals surface area contributed by atoms with Gasteiger partial charge in [0.15, 0.2) is 0 Å². The first kappa shape index (κ1) is 10.5. The van der Waals surface area contributed by atoms with Crippen LogP contribution in [0.5, 0.6) is 0 Å². The van der Waals surface area contributed by atoms with Crippen LogP contribution in [0.15, 0.2) is 18.2 Å². The number of anilines is 1. The summed E-state index contributed by atoms with van der Waals surface area (Å²) >= 11 is 0. The molecular formula is C13H18FN. The predicted octanol–water partition coefficient (Wildman–Crippen LogP) is 3.77. The van der Waals surface area contributed by atoms with Gasteiger partial charge in [-0.25, -0.2) is 4.39 Å². The van der Waals surface area contributed by atoms with E-state index in [0.717, 1.165) is 18.7 Å². The minimum atomic E-state index is -0.147. The standard InChI is InChI=1S/C13H18FN/c1-9(2)7-10-5-6-15-13-8-11(14)3-4-12(10)13/h3-4,8-10,15H,5-7H2,1-2H3. The van der Waals surface area contributed by atoms with Crippen LogP contribution in [-0.2, 0) is 0 Å². The second-order valence-corrected chi connectivity index (χ2v) is 4.77. The highest BCUT2D eigenvalue weighted by atomic mass is 19.1. The lowest BCUT2D eigenvalue weighted by Crippen LogP contribution is -2.18. The summed E-state index contributed by atoms with van der Waals surface area (Å²) < 4.78 is 13.0. The van der Waals surface area contributed by atoms with E-state index in [1.807, 2.05) is 6.07 Å². The molecule has 1 aliphatic heterocycles. The van der Waals surface area contributed by atoms with E-state index in [9.17, 15) is 4.39 Å². The van der Waals surface area contributed by atoms with E-state index in [1.165, 1.54) is 12.0 Å². The molecule has 1 N–H and O–H groups in total. The van der Waals surface area contributed by atoms with Gasteiger partial charge in [0.1, 0.15) is 5.82 Å². The number of nitrogens with one attached hydrogen (secondary N) is 1. The summed E-state index contributed by atoms with van der Waals surface area (Å²) in [6.45, 7) is 5.45. The van der Waals surface area contributed by atoms with Crippen molar-refractivity contribution in [3.63, 3.8) is 0 Å². The van der Waals surface area contributed by atoms with E-state index in [1.54, 1.807) is 12.1 Å². The second-order valence-electron chi connectivity index (χ2n) is 4.77. The molecule has 2 heteroatoms. The fourth-order valence-corrected chi connectivity index (χ4v) is 2.39. The van der Waals surface area contributed by atoms with Crippen molar-refractivity contribution in [2.45, 2.75) is 32.6 Å². The van der Waals surface area contributed by atoms with Crippen LogP contribution in [0.1, 0.15) is 38.2 Å². The Balaban J connectivity index is 2.26. The van der Waals surface area contributed by atoms with Crippen molar-refractivity contribution in [3.8, 4) is 0 Å². The zero-order valence-electron chi connectivity index (χ0n) is 9.39. The van der Waals surface area contributed by atoms with Gasteiger partial charge in [0, 0.05) is 12.2 Å². The van der Waals surface area contributed by atoms with Crippen LogP contribution in [0.4, 0.5) is 10.1 Å². The molecule has 1 unspecified atom stereocenters. The Hall–Kier alpha value is -1.05. The highest BCUT2D eigenvalue weighted by Crippen LogP contribution is 2.35. The molecule has 0 spiro atoms. The molecule has 0 saturated heterocycles. The summed E-state index contributed by atoms with van der Waals surface area (Å²) in [5.74, 6) is 1.15. The van der Waals surface area contributed by atoms with Gasteiger partial charge in [-0.1, -0.05) is 19.9 Å². The van der Waals surface area contributed by atoms with Crippen LogP contribution >= 0.6 is 0 Å². The first-order chi connectivity index (χ1) is 7.16. The molecule has 0 amide bonds. The smallest absolute Gasteiger partial charge is 0.125 e. The lowest BCUT2D eigenvalue weighted by atomic mass is 9.85. The molecule has 0 bridgehead atoms. The first-order valence-corrected chi connectivity index (χ1v) is 5.70. The van der Waals surface area contributed by atoms with Crippen molar-refractivity contribution in [1.29, 1.82) is 0 Å². The SMILES string of the molecule is CC(C)CC1CCNc2cc(F)ccc21. The Morgan fingerprint density at radius 3 is 3.00 bits per heavy atom. The van der Waals surface area contributed by atoms with Crippen LogP contribution in [0.3, 0.4) is 0 Å². The quantitative estimate of drug-likeness (QED) is 0.778. The van der Waals surface area contributed by atoms with Gasteiger partial charge in [-0.2, -0.15) is 0 Å². The van der Waals surface area contributed by atoms with E-state index in [4.69, 9.17) is 0 Å².